The number of aromatic nitrogens is 1. The number of hydrogen-bond donors (Lipinski definition) is 2. The molecule has 1 aromatic rings. The average molecular weight is 319 g/mol. The maximum absolute atomic E-state index is 9.18. The molecule has 0 aliphatic heterocycles. The zero-order chi connectivity index (χ0) is 12.7. The topological polar surface area (TPSA) is 59.1 Å². The van der Waals surface area contributed by atoms with Gasteiger partial charge in [0, 0.05) is 16.2 Å². The highest BCUT2D eigenvalue weighted by atomic mass is 79.9. The van der Waals surface area contributed by atoms with Gasteiger partial charge in [-0.15, -0.1) is 11.8 Å². The van der Waals surface area contributed by atoms with Crippen LogP contribution in [0.4, 0.5) is 0 Å². The minimum absolute atomic E-state index is 0.0602. The lowest BCUT2D eigenvalue weighted by molar-refractivity contribution is 0.182. The molecular formula is C12H19BrN2OS. The molecule has 0 spiro atoms. The van der Waals surface area contributed by atoms with E-state index in [-0.39, 0.29) is 6.61 Å². The van der Waals surface area contributed by atoms with Gasteiger partial charge in [-0.25, -0.2) is 4.98 Å². The van der Waals surface area contributed by atoms with Gasteiger partial charge < -0.3 is 10.8 Å². The summed E-state index contributed by atoms with van der Waals surface area (Å²) >= 11 is 5.08. The van der Waals surface area contributed by atoms with Crippen LogP contribution in [0.3, 0.4) is 0 Å². The van der Waals surface area contributed by atoms with Crippen molar-refractivity contribution in [3.05, 3.63) is 22.8 Å². The summed E-state index contributed by atoms with van der Waals surface area (Å²) in [4.78, 5) is 4.29. The molecule has 17 heavy (non-hydrogen) atoms. The monoisotopic (exact) mass is 318 g/mol. The molecule has 0 fully saturated rings. The summed E-state index contributed by atoms with van der Waals surface area (Å²) in [5, 5.41) is 10.2. The molecule has 1 heterocycles. The van der Waals surface area contributed by atoms with E-state index < -0.39 is 5.54 Å². The summed E-state index contributed by atoms with van der Waals surface area (Å²) in [7, 11) is 0. The highest BCUT2D eigenvalue weighted by molar-refractivity contribution is 9.10. The van der Waals surface area contributed by atoms with Crippen LogP contribution in [0.2, 0.25) is 0 Å². The van der Waals surface area contributed by atoms with Crippen molar-refractivity contribution >= 4 is 27.7 Å². The van der Waals surface area contributed by atoms with Gasteiger partial charge in [-0.1, -0.05) is 6.92 Å². The minimum atomic E-state index is -0.409. The normalized spacial score (nSPS) is 14.6. The van der Waals surface area contributed by atoms with Gasteiger partial charge in [0.2, 0.25) is 0 Å². The predicted molar refractivity (Wildman–Crippen MR) is 76.2 cm³/mol. The van der Waals surface area contributed by atoms with E-state index in [4.69, 9.17) is 5.73 Å². The fraction of sp³-hybridized carbons (Fsp3) is 0.583. The standard InChI is InChI=1S/C12H19BrN2OS/c1-2-12(14,9-16)6-3-7-17-11-5-4-10(13)8-15-11/h4-5,8,16H,2-3,6-7,9,14H2,1H3. The number of halogens is 1. The Kier molecular flexibility index (Phi) is 6.48. The number of hydrogen-bond acceptors (Lipinski definition) is 4. The molecule has 96 valence electrons. The van der Waals surface area contributed by atoms with Crippen molar-refractivity contribution in [2.24, 2.45) is 5.73 Å². The molecular weight excluding hydrogens is 300 g/mol. The highest BCUT2D eigenvalue weighted by Gasteiger charge is 2.20. The number of rotatable bonds is 7. The summed E-state index contributed by atoms with van der Waals surface area (Å²) in [5.41, 5.74) is 5.61. The van der Waals surface area contributed by atoms with Crippen LogP contribution in [0.25, 0.3) is 0 Å². The Morgan fingerprint density at radius 1 is 1.53 bits per heavy atom. The summed E-state index contributed by atoms with van der Waals surface area (Å²) in [6.45, 7) is 2.07. The maximum Gasteiger partial charge on any atom is 0.0960 e. The van der Waals surface area contributed by atoms with Gasteiger partial charge in [0.25, 0.3) is 0 Å². The van der Waals surface area contributed by atoms with E-state index in [9.17, 15) is 5.11 Å². The van der Waals surface area contributed by atoms with Gasteiger partial charge in [0.15, 0.2) is 0 Å². The molecule has 3 N–H and O–H groups in total. The first kappa shape index (κ1) is 15.0. The van der Waals surface area contributed by atoms with Crippen LogP contribution in [0.5, 0.6) is 0 Å². The maximum atomic E-state index is 9.18. The Bertz CT molecular complexity index is 328. The molecule has 3 nitrogen and oxygen atoms in total. The van der Waals surface area contributed by atoms with Crippen LogP contribution in [-0.2, 0) is 0 Å². The number of nitrogens with zero attached hydrogens (tertiary/aromatic N) is 1. The Balaban J connectivity index is 2.26. The fourth-order valence-electron chi connectivity index (χ4n) is 1.42. The quantitative estimate of drug-likeness (QED) is 0.599. The first-order chi connectivity index (χ1) is 8.09. The lowest BCUT2D eigenvalue weighted by atomic mass is 9.93. The van der Waals surface area contributed by atoms with Gasteiger partial charge in [0.1, 0.15) is 0 Å². The molecule has 5 heteroatoms. The molecule has 1 atom stereocenters. The lowest BCUT2D eigenvalue weighted by Crippen LogP contribution is -2.42. The molecule has 0 aliphatic rings. The van der Waals surface area contributed by atoms with E-state index in [1.807, 2.05) is 19.1 Å². The van der Waals surface area contributed by atoms with Gasteiger partial charge in [0.05, 0.1) is 11.6 Å². The van der Waals surface area contributed by atoms with Crippen molar-refractivity contribution in [2.45, 2.75) is 36.8 Å². The van der Waals surface area contributed by atoms with Crippen LogP contribution in [0.15, 0.2) is 27.8 Å². The van der Waals surface area contributed by atoms with Crippen LogP contribution < -0.4 is 5.73 Å². The Morgan fingerprint density at radius 2 is 2.29 bits per heavy atom. The summed E-state index contributed by atoms with van der Waals surface area (Å²) in [6, 6.07) is 3.98. The van der Waals surface area contributed by atoms with Crippen LogP contribution in [0, 0.1) is 0 Å². The summed E-state index contributed by atoms with van der Waals surface area (Å²) < 4.78 is 0.995. The third-order valence-electron chi connectivity index (χ3n) is 2.79. The van der Waals surface area contributed by atoms with Gasteiger partial charge in [-0.2, -0.15) is 0 Å². The number of thioether (sulfide) groups is 1. The molecule has 0 saturated carbocycles. The average Bonchev–Trinajstić information content (AvgIpc) is 2.36. The zero-order valence-electron chi connectivity index (χ0n) is 10.0. The van der Waals surface area contributed by atoms with E-state index in [0.29, 0.717) is 0 Å². The summed E-state index contributed by atoms with van der Waals surface area (Å²) in [6.07, 6.45) is 4.46. The fourth-order valence-corrected chi connectivity index (χ4v) is 2.44. The second-order valence-corrected chi connectivity index (χ2v) is 6.17. The highest BCUT2D eigenvalue weighted by Crippen LogP contribution is 2.21. The molecule has 1 unspecified atom stereocenters. The summed E-state index contributed by atoms with van der Waals surface area (Å²) in [5.74, 6) is 0.980. The number of pyridine rings is 1. The first-order valence-electron chi connectivity index (χ1n) is 5.74. The SMILES string of the molecule is CCC(N)(CO)CCCSc1ccc(Br)cn1. The number of aliphatic hydroxyl groups excluding tert-OH is 1. The minimum Gasteiger partial charge on any atom is -0.394 e. The van der Waals surface area contributed by atoms with Crippen LogP contribution in [0.1, 0.15) is 26.2 Å². The van der Waals surface area contributed by atoms with Crippen molar-refractivity contribution in [3.63, 3.8) is 0 Å². The van der Waals surface area contributed by atoms with E-state index >= 15 is 0 Å². The lowest BCUT2D eigenvalue weighted by Gasteiger charge is -2.25. The van der Waals surface area contributed by atoms with Crippen molar-refractivity contribution in [3.8, 4) is 0 Å². The zero-order valence-corrected chi connectivity index (χ0v) is 12.4. The van der Waals surface area contributed by atoms with Crippen molar-refractivity contribution in [1.82, 2.24) is 4.98 Å². The second-order valence-electron chi connectivity index (χ2n) is 4.14. The van der Waals surface area contributed by atoms with E-state index in [1.165, 1.54) is 0 Å². The molecule has 1 rings (SSSR count). The predicted octanol–water partition coefficient (Wildman–Crippen LogP) is 2.82. The second kappa shape index (κ2) is 7.36. The van der Waals surface area contributed by atoms with E-state index in [2.05, 4.69) is 20.9 Å². The van der Waals surface area contributed by atoms with Gasteiger partial charge in [-0.3, -0.25) is 0 Å². The number of aliphatic hydroxyl groups is 1. The van der Waals surface area contributed by atoms with E-state index in [1.54, 1.807) is 18.0 Å². The molecule has 0 radical (unpaired) electrons. The van der Waals surface area contributed by atoms with Crippen molar-refractivity contribution < 1.29 is 5.11 Å². The third kappa shape index (κ3) is 5.38. The Labute approximate surface area is 115 Å². The largest absolute Gasteiger partial charge is 0.394 e. The Morgan fingerprint density at radius 3 is 2.82 bits per heavy atom. The van der Waals surface area contributed by atoms with Gasteiger partial charge in [-0.05, 0) is 53.1 Å². The first-order valence-corrected chi connectivity index (χ1v) is 7.51. The molecule has 0 bridgehead atoms. The van der Waals surface area contributed by atoms with Gasteiger partial charge >= 0.3 is 0 Å². The van der Waals surface area contributed by atoms with Crippen molar-refractivity contribution in [2.75, 3.05) is 12.4 Å². The molecule has 0 saturated heterocycles. The molecule has 1 aromatic heterocycles. The van der Waals surface area contributed by atoms with Crippen LogP contribution >= 0.6 is 27.7 Å². The number of nitrogens with two attached hydrogens (primary N) is 1. The molecule has 0 amide bonds. The molecule has 0 aromatic carbocycles. The van der Waals surface area contributed by atoms with Crippen LogP contribution in [-0.4, -0.2) is 28.0 Å². The van der Waals surface area contributed by atoms with Crippen molar-refractivity contribution in [1.29, 1.82) is 0 Å². The smallest absolute Gasteiger partial charge is 0.0960 e. The third-order valence-corrected chi connectivity index (χ3v) is 4.29. The van der Waals surface area contributed by atoms with E-state index in [0.717, 1.165) is 34.5 Å². The Hall–Kier alpha value is -0.100. The molecule has 0 aliphatic carbocycles.